The van der Waals surface area contributed by atoms with Crippen molar-refractivity contribution in [2.24, 2.45) is 11.5 Å². The van der Waals surface area contributed by atoms with Crippen LogP contribution >= 0.6 is 9.24 Å². The maximum absolute atomic E-state index is 13.5. The first kappa shape index (κ1) is 24.4. The third kappa shape index (κ3) is 5.86. The van der Waals surface area contributed by atoms with E-state index in [1.165, 1.54) is 21.4 Å². The molecule has 2 atom stereocenters. The van der Waals surface area contributed by atoms with E-state index in [2.05, 4.69) is 17.1 Å². The van der Waals surface area contributed by atoms with Gasteiger partial charge in [0.25, 0.3) is 5.66 Å². The fourth-order valence-electron chi connectivity index (χ4n) is 4.03. The number of hydrogen-bond acceptors (Lipinski definition) is 5. The molecule has 0 spiro atoms. The van der Waals surface area contributed by atoms with E-state index in [0.29, 0.717) is 29.9 Å². The molecular formula is C22H35F2N4OP. The summed E-state index contributed by atoms with van der Waals surface area (Å²) in [7, 11) is 1.47. The van der Waals surface area contributed by atoms with Crippen molar-refractivity contribution in [1.29, 1.82) is 0 Å². The summed E-state index contributed by atoms with van der Waals surface area (Å²) < 4.78 is 27.1. The summed E-state index contributed by atoms with van der Waals surface area (Å²) in [5.41, 5.74) is 11.8. The Morgan fingerprint density at radius 2 is 1.90 bits per heavy atom. The Morgan fingerprint density at radius 3 is 2.43 bits per heavy atom. The van der Waals surface area contributed by atoms with Crippen LogP contribution in [0.3, 0.4) is 0 Å². The zero-order valence-electron chi connectivity index (χ0n) is 18.1. The van der Waals surface area contributed by atoms with Crippen molar-refractivity contribution in [3.63, 3.8) is 0 Å². The van der Waals surface area contributed by atoms with Gasteiger partial charge in [-0.3, -0.25) is 0 Å². The highest BCUT2D eigenvalue weighted by atomic mass is 31.0. The van der Waals surface area contributed by atoms with Gasteiger partial charge in [-0.05, 0) is 62.1 Å². The molecule has 8 heteroatoms. The molecule has 2 unspecified atom stereocenters. The minimum atomic E-state index is -3.11. The quantitative estimate of drug-likeness (QED) is 0.362. The summed E-state index contributed by atoms with van der Waals surface area (Å²) in [6, 6.07) is 4.04. The van der Waals surface area contributed by atoms with Gasteiger partial charge in [-0.2, -0.15) is 8.78 Å². The molecule has 1 aliphatic rings. The molecular weight excluding hydrogens is 405 g/mol. The lowest BCUT2D eigenvalue weighted by Crippen LogP contribution is -2.46. The number of piperidine rings is 1. The largest absolute Gasteiger partial charge is 0.507 e. The molecule has 0 aromatic heterocycles. The minimum Gasteiger partial charge on any atom is -0.507 e. The van der Waals surface area contributed by atoms with Gasteiger partial charge in [0.15, 0.2) is 0 Å². The summed E-state index contributed by atoms with van der Waals surface area (Å²) >= 11 is 0. The van der Waals surface area contributed by atoms with Crippen LogP contribution in [0.2, 0.25) is 0 Å². The number of likely N-dealkylation sites (tertiary alicyclic amines) is 1. The number of likely N-dealkylation sites (N-methyl/N-ethyl adjacent to an activating group) is 1. The van der Waals surface area contributed by atoms with Crippen LogP contribution in [0.1, 0.15) is 57.6 Å². The average molecular weight is 441 g/mol. The molecule has 1 heterocycles. The molecule has 1 aliphatic heterocycles. The number of phenolic OH excluding ortho intramolecular Hbond substituents is 1. The molecule has 0 radical (unpaired) electrons. The second-order valence-electron chi connectivity index (χ2n) is 7.72. The van der Waals surface area contributed by atoms with Gasteiger partial charge in [-0.25, -0.2) is 0 Å². The lowest BCUT2D eigenvalue weighted by atomic mass is 9.94. The van der Waals surface area contributed by atoms with Gasteiger partial charge in [0.1, 0.15) is 5.75 Å². The van der Waals surface area contributed by atoms with Gasteiger partial charge < -0.3 is 26.8 Å². The van der Waals surface area contributed by atoms with Crippen LogP contribution in [0.4, 0.5) is 8.78 Å². The topological polar surface area (TPSA) is 87.5 Å². The van der Waals surface area contributed by atoms with Crippen molar-refractivity contribution in [3.05, 3.63) is 46.3 Å². The average Bonchev–Trinajstić information content (AvgIpc) is 2.70. The Labute approximate surface area is 180 Å². The van der Waals surface area contributed by atoms with Gasteiger partial charge in [-0.1, -0.05) is 36.1 Å². The Morgan fingerprint density at radius 1 is 1.23 bits per heavy atom. The fraction of sp³-hybridized carbons (Fsp3) is 0.545. The number of phenols is 1. The SMILES string of the molecule is CCC(=C(/N)c1ccc(C(F)(F)P)cc1O)/C(CC)=C(\N)NC1CCCN(CC)C1. The molecule has 2 rings (SSSR count). The van der Waals surface area contributed by atoms with Gasteiger partial charge in [-0.15, -0.1) is 0 Å². The Bertz CT molecular complexity index is 805. The zero-order chi connectivity index (χ0) is 22.5. The molecule has 1 saturated heterocycles. The first-order valence-corrected chi connectivity index (χ1v) is 11.2. The molecule has 168 valence electrons. The monoisotopic (exact) mass is 440 g/mol. The van der Waals surface area contributed by atoms with Crippen molar-refractivity contribution >= 4 is 14.9 Å². The van der Waals surface area contributed by atoms with Crippen LogP contribution in [-0.2, 0) is 5.66 Å². The summed E-state index contributed by atoms with van der Waals surface area (Å²) in [5, 5.41) is 13.8. The van der Waals surface area contributed by atoms with Crippen LogP contribution in [0.25, 0.3) is 5.70 Å². The Hall–Kier alpha value is -1.85. The third-order valence-electron chi connectivity index (χ3n) is 5.71. The van der Waals surface area contributed by atoms with E-state index in [1.54, 1.807) is 0 Å². The lowest BCUT2D eigenvalue weighted by Gasteiger charge is -2.33. The molecule has 5 nitrogen and oxygen atoms in total. The maximum Gasteiger partial charge on any atom is 0.284 e. The number of benzene rings is 1. The number of aromatic hydroxyl groups is 1. The van der Waals surface area contributed by atoms with Crippen LogP contribution in [-0.4, -0.2) is 35.7 Å². The highest BCUT2D eigenvalue weighted by Gasteiger charge is 2.26. The molecule has 1 fully saturated rings. The van der Waals surface area contributed by atoms with E-state index in [0.717, 1.165) is 49.7 Å². The summed E-state index contributed by atoms with van der Waals surface area (Å²) in [5.74, 6) is 0.318. The molecule has 1 aromatic rings. The fourth-order valence-corrected chi connectivity index (χ4v) is 4.21. The van der Waals surface area contributed by atoms with E-state index in [4.69, 9.17) is 11.5 Å². The summed E-state index contributed by atoms with van der Waals surface area (Å²) in [6.45, 7) is 9.19. The van der Waals surface area contributed by atoms with E-state index in [-0.39, 0.29) is 17.4 Å². The van der Waals surface area contributed by atoms with E-state index < -0.39 is 5.66 Å². The molecule has 6 N–H and O–H groups in total. The predicted molar refractivity (Wildman–Crippen MR) is 123 cm³/mol. The number of halogens is 2. The number of alkyl halides is 2. The normalized spacial score (nSPS) is 19.9. The molecule has 1 aromatic carbocycles. The first-order chi connectivity index (χ1) is 14.1. The standard InChI is InChI=1S/C22H35F2N4OP/c1-4-16(20(25)18-10-9-14(12-19(18)29)22(23,24)30)17(5-2)21(26)27-15-8-7-11-28(6-3)13-15/h9-10,12,15,27,29H,4-8,11,13,25-26,30H2,1-3H3/b20-16-,21-17+. The highest BCUT2D eigenvalue weighted by molar-refractivity contribution is 7.17. The van der Waals surface area contributed by atoms with Crippen LogP contribution in [0, 0.1) is 0 Å². The van der Waals surface area contributed by atoms with Crippen molar-refractivity contribution in [2.75, 3.05) is 19.6 Å². The number of hydrogen-bond donors (Lipinski definition) is 4. The van der Waals surface area contributed by atoms with Crippen LogP contribution < -0.4 is 16.8 Å². The van der Waals surface area contributed by atoms with Crippen molar-refractivity contribution in [1.82, 2.24) is 10.2 Å². The maximum atomic E-state index is 13.5. The molecule has 0 amide bonds. The number of nitrogens with one attached hydrogen (secondary N) is 1. The second-order valence-corrected chi connectivity index (χ2v) is 8.45. The number of allylic oxidation sites excluding steroid dienone is 2. The molecule has 0 aliphatic carbocycles. The lowest BCUT2D eigenvalue weighted by molar-refractivity contribution is 0.103. The van der Waals surface area contributed by atoms with Crippen LogP contribution in [0.15, 0.2) is 35.2 Å². The minimum absolute atomic E-state index is 0.272. The highest BCUT2D eigenvalue weighted by Crippen LogP contribution is 2.38. The van der Waals surface area contributed by atoms with Crippen LogP contribution in [0.5, 0.6) is 5.75 Å². The Kier molecular flexibility index (Phi) is 8.51. The summed E-state index contributed by atoms with van der Waals surface area (Å²) in [4.78, 5) is 2.40. The first-order valence-electron chi connectivity index (χ1n) is 10.6. The van der Waals surface area contributed by atoms with E-state index in [1.807, 2.05) is 13.8 Å². The second kappa shape index (κ2) is 10.5. The number of nitrogens with two attached hydrogens (primary N) is 2. The van der Waals surface area contributed by atoms with Gasteiger partial charge >= 0.3 is 0 Å². The predicted octanol–water partition coefficient (Wildman–Crippen LogP) is 4.05. The zero-order valence-corrected chi connectivity index (χ0v) is 19.3. The number of nitrogens with zero attached hydrogens (tertiary/aromatic N) is 1. The third-order valence-corrected chi connectivity index (χ3v) is 6.04. The summed E-state index contributed by atoms with van der Waals surface area (Å²) in [6.07, 6.45) is 3.44. The van der Waals surface area contributed by atoms with Crippen molar-refractivity contribution < 1.29 is 13.9 Å². The van der Waals surface area contributed by atoms with Gasteiger partial charge in [0, 0.05) is 29.4 Å². The molecule has 0 saturated carbocycles. The van der Waals surface area contributed by atoms with Gasteiger partial charge in [0.05, 0.1) is 5.82 Å². The van der Waals surface area contributed by atoms with E-state index in [9.17, 15) is 13.9 Å². The number of rotatable bonds is 8. The van der Waals surface area contributed by atoms with Gasteiger partial charge in [0.2, 0.25) is 0 Å². The molecule has 0 bridgehead atoms. The van der Waals surface area contributed by atoms with E-state index >= 15 is 0 Å². The Balaban J connectivity index is 2.38. The van der Waals surface area contributed by atoms with Crippen molar-refractivity contribution in [2.45, 2.75) is 58.2 Å². The molecule has 30 heavy (non-hydrogen) atoms. The van der Waals surface area contributed by atoms with Crippen molar-refractivity contribution in [3.8, 4) is 5.75 Å². The smallest absolute Gasteiger partial charge is 0.284 e.